The molecule has 0 saturated heterocycles. The van der Waals surface area contributed by atoms with Gasteiger partial charge in [0.1, 0.15) is 4.83 Å². The molecule has 1 aliphatic heterocycles. The van der Waals surface area contributed by atoms with E-state index in [1.807, 2.05) is 31.2 Å². The van der Waals surface area contributed by atoms with Crippen LogP contribution in [0.4, 0.5) is 0 Å². The molecule has 0 radical (unpaired) electrons. The average molecular weight is 401 g/mol. The first-order chi connectivity index (χ1) is 13.0. The predicted molar refractivity (Wildman–Crippen MR) is 114 cm³/mol. The van der Waals surface area contributed by atoms with Crippen LogP contribution in [0.25, 0.3) is 15.9 Å². The molecule has 0 N–H and O–H groups in total. The van der Waals surface area contributed by atoms with Crippen molar-refractivity contribution in [1.82, 2.24) is 9.55 Å². The van der Waals surface area contributed by atoms with Crippen molar-refractivity contribution in [2.45, 2.75) is 57.9 Å². The van der Waals surface area contributed by atoms with Crippen LogP contribution >= 0.6 is 23.1 Å². The van der Waals surface area contributed by atoms with Crippen LogP contribution in [-0.2, 0) is 17.8 Å². The molecule has 0 amide bonds. The van der Waals surface area contributed by atoms with Crippen LogP contribution in [0.2, 0.25) is 0 Å². The zero-order chi connectivity index (χ0) is 19.2. The van der Waals surface area contributed by atoms with E-state index < -0.39 is 0 Å². The summed E-state index contributed by atoms with van der Waals surface area (Å²) >= 11 is 3.22. The Hall–Kier alpha value is -1.63. The third-order valence-electron chi connectivity index (χ3n) is 5.36. The van der Waals surface area contributed by atoms with E-state index in [2.05, 4.69) is 20.8 Å². The Morgan fingerprint density at radius 1 is 1.33 bits per heavy atom. The molecule has 0 bridgehead atoms. The van der Waals surface area contributed by atoms with Gasteiger partial charge in [-0.05, 0) is 43.2 Å². The Bertz CT molecular complexity index is 1070. The maximum atomic E-state index is 13.7. The summed E-state index contributed by atoms with van der Waals surface area (Å²) in [6, 6.07) is 8.02. The standard InChI is InChI=1S/C21H24N2O2S2/c1-5-21(4)11-14-16(12-25-21)27-18-17(14)19(24)23(20(22-18)26-6-2)15-10-8-7-9-13(15)3/h7-10H,5-6,11-12H2,1-4H3. The van der Waals surface area contributed by atoms with Gasteiger partial charge < -0.3 is 4.74 Å². The molecule has 1 unspecified atom stereocenters. The number of hydrogen-bond donors (Lipinski definition) is 0. The Labute approximate surface area is 167 Å². The van der Waals surface area contributed by atoms with Gasteiger partial charge in [-0.2, -0.15) is 0 Å². The van der Waals surface area contributed by atoms with Crippen molar-refractivity contribution in [3.05, 3.63) is 50.6 Å². The van der Waals surface area contributed by atoms with E-state index in [0.29, 0.717) is 6.61 Å². The van der Waals surface area contributed by atoms with E-state index in [1.165, 1.54) is 0 Å². The van der Waals surface area contributed by atoms with Crippen molar-refractivity contribution in [1.29, 1.82) is 0 Å². The molecule has 2 aromatic heterocycles. The molecule has 0 spiro atoms. The Balaban J connectivity index is 2.02. The summed E-state index contributed by atoms with van der Waals surface area (Å²) in [6.45, 7) is 8.97. The first-order valence-electron chi connectivity index (χ1n) is 9.37. The molecule has 1 aromatic carbocycles. The van der Waals surface area contributed by atoms with Gasteiger partial charge in [0.05, 0.1) is 23.3 Å². The molecule has 27 heavy (non-hydrogen) atoms. The van der Waals surface area contributed by atoms with Crippen molar-refractivity contribution < 1.29 is 4.74 Å². The topological polar surface area (TPSA) is 44.1 Å². The van der Waals surface area contributed by atoms with Crippen LogP contribution < -0.4 is 5.56 Å². The number of thioether (sulfide) groups is 1. The summed E-state index contributed by atoms with van der Waals surface area (Å²) in [4.78, 5) is 20.6. The van der Waals surface area contributed by atoms with Gasteiger partial charge in [-0.3, -0.25) is 9.36 Å². The third kappa shape index (κ3) is 3.13. The molecule has 1 atom stereocenters. The lowest BCUT2D eigenvalue weighted by atomic mass is 9.90. The van der Waals surface area contributed by atoms with E-state index in [0.717, 1.165) is 55.7 Å². The number of ether oxygens (including phenoxy) is 1. The number of aryl methyl sites for hydroxylation is 1. The second-order valence-electron chi connectivity index (χ2n) is 7.21. The fraction of sp³-hybridized carbons (Fsp3) is 0.429. The summed E-state index contributed by atoms with van der Waals surface area (Å²) in [5, 5.41) is 1.55. The van der Waals surface area contributed by atoms with E-state index in [1.54, 1.807) is 27.7 Å². The second-order valence-corrected chi connectivity index (χ2v) is 9.52. The van der Waals surface area contributed by atoms with Crippen molar-refractivity contribution >= 4 is 33.3 Å². The molecule has 4 nitrogen and oxygen atoms in total. The fourth-order valence-electron chi connectivity index (χ4n) is 3.58. The molecule has 0 saturated carbocycles. The van der Waals surface area contributed by atoms with Crippen molar-refractivity contribution in [2.24, 2.45) is 0 Å². The highest BCUT2D eigenvalue weighted by Gasteiger charge is 2.33. The lowest BCUT2D eigenvalue weighted by Gasteiger charge is -2.32. The van der Waals surface area contributed by atoms with Gasteiger partial charge in [-0.25, -0.2) is 4.98 Å². The van der Waals surface area contributed by atoms with Gasteiger partial charge >= 0.3 is 0 Å². The lowest BCUT2D eigenvalue weighted by molar-refractivity contribution is -0.0543. The zero-order valence-electron chi connectivity index (χ0n) is 16.2. The zero-order valence-corrected chi connectivity index (χ0v) is 17.8. The number of benzene rings is 1. The monoisotopic (exact) mass is 400 g/mol. The Morgan fingerprint density at radius 3 is 2.81 bits per heavy atom. The van der Waals surface area contributed by atoms with E-state index >= 15 is 0 Å². The normalized spacial score (nSPS) is 19.4. The third-order valence-corrected chi connectivity index (χ3v) is 7.28. The van der Waals surface area contributed by atoms with Crippen LogP contribution in [0.15, 0.2) is 34.2 Å². The van der Waals surface area contributed by atoms with E-state index in [9.17, 15) is 4.79 Å². The maximum absolute atomic E-state index is 13.7. The first kappa shape index (κ1) is 18.7. The first-order valence-corrected chi connectivity index (χ1v) is 11.2. The predicted octanol–water partition coefficient (Wildman–Crippen LogP) is 5.11. The molecule has 1 aliphatic rings. The van der Waals surface area contributed by atoms with Gasteiger partial charge in [0.15, 0.2) is 5.16 Å². The maximum Gasteiger partial charge on any atom is 0.267 e. The highest BCUT2D eigenvalue weighted by atomic mass is 32.2. The fourth-order valence-corrected chi connectivity index (χ4v) is 5.46. The van der Waals surface area contributed by atoms with Crippen molar-refractivity contribution in [2.75, 3.05) is 5.75 Å². The minimum absolute atomic E-state index is 0.0445. The SMILES string of the molecule is CCSc1nc2sc3c(c2c(=O)n1-c1ccccc1C)CC(C)(CC)OC3. The largest absolute Gasteiger partial charge is 0.369 e. The highest BCUT2D eigenvalue weighted by Crippen LogP contribution is 2.39. The molecular weight excluding hydrogens is 376 g/mol. The van der Waals surface area contributed by atoms with Crippen LogP contribution in [0.1, 0.15) is 43.2 Å². The number of aromatic nitrogens is 2. The Kier molecular flexibility index (Phi) is 4.91. The molecule has 4 rings (SSSR count). The summed E-state index contributed by atoms with van der Waals surface area (Å²) in [7, 11) is 0. The van der Waals surface area contributed by atoms with Gasteiger partial charge in [-0.15, -0.1) is 11.3 Å². The molecule has 3 heterocycles. The quantitative estimate of drug-likeness (QED) is 0.451. The lowest BCUT2D eigenvalue weighted by Crippen LogP contribution is -2.34. The minimum atomic E-state index is -0.211. The molecule has 6 heteroatoms. The number of rotatable bonds is 4. The number of hydrogen-bond acceptors (Lipinski definition) is 5. The Morgan fingerprint density at radius 2 is 2.11 bits per heavy atom. The molecule has 142 valence electrons. The van der Waals surface area contributed by atoms with Gasteiger partial charge in [-0.1, -0.05) is 43.8 Å². The molecule has 3 aromatic rings. The smallest absolute Gasteiger partial charge is 0.267 e. The molecule has 0 aliphatic carbocycles. The summed E-state index contributed by atoms with van der Waals surface area (Å²) in [5.74, 6) is 0.867. The van der Waals surface area contributed by atoms with Crippen molar-refractivity contribution in [3.8, 4) is 5.69 Å². The minimum Gasteiger partial charge on any atom is -0.369 e. The van der Waals surface area contributed by atoms with Crippen LogP contribution in [0, 0.1) is 6.92 Å². The molecule has 0 fully saturated rings. The average Bonchev–Trinajstić information content (AvgIpc) is 3.01. The van der Waals surface area contributed by atoms with Gasteiger partial charge in [0.2, 0.25) is 0 Å². The molecular formula is C21H24N2O2S2. The van der Waals surface area contributed by atoms with Crippen LogP contribution in [-0.4, -0.2) is 20.9 Å². The number of nitrogens with zero attached hydrogens (tertiary/aromatic N) is 2. The van der Waals surface area contributed by atoms with E-state index in [-0.39, 0.29) is 11.2 Å². The summed E-state index contributed by atoms with van der Waals surface area (Å²) < 4.78 is 7.89. The van der Waals surface area contributed by atoms with Gasteiger partial charge in [0.25, 0.3) is 5.56 Å². The summed E-state index contributed by atoms with van der Waals surface area (Å²) in [6.07, 6.45) is 1.69. The summed E-state index contributed by atoms with van der Waals surface area (Å²) in [5.41, 5.74) is 2.96. The van der Waals surface area contributed by atoms with Crippen molar-refractivity contribution in [3.63, 3.8) is 0 Å². The number of thiophene rings is 1. The number of fused-ring (bicyclic) bond motifs is 3. The van der Waals surface area contributed by atoms with E-state index in [4.69, 9.17) is 9.72 Å². The van der Waals surface area contributed by atoms with Gasteiger partial charge in [0, 0.05) is 11.3 Å². The second kappa shape index (κ2) is 7.08. The van der Waals surface area contributed by atoms with Crippen LogP contribution in [0.3, 0.4) is 0 Å². The number of para-hydroxylation sites is 1. The highest BCUT2D eigenvalue weighted by molar-refractivity contribution is 7.99. The van der Waals surface area contributed by atoms with Crippen LogP contribution in [0.5, 0.6) is 0 Å².